The summed E-state index contributed by atoms with van der Waals surface area (Å²) in [5.41, 5.74) is 2.00. The largest absolute Gasteiger partial charge is 0.452 e. The second-order valence-corrected chi connectivity index (χ2v) is 6.01. The molecule has 6 heteroatoms. The van der Waals surface area contributed by atoms with E-state index in [0.717, 1.165) is 5.56 Å². The molecule has 2 aromatic rings. The van der Waals surface area contributed by atoms with Crippen LogP contribution in [0, 0.1) is 6.92 Å². The molecule has 0 aromatic heterocycles. The number of hydrogen-bond acceptors (Lipinski definition) is 4. The molecular formula is C21H24N2O4. The van der Waals surface area contributed by atoms with E-state index in [2.05, 4.69) is 5.32 Å². The minimum Gasteiger partial charge on any atom is -0.452 e. The van der Waals surface area contributed by atoms with Crippen LogP contribution in [0.15, 0.2) is 48.5 Å². The van der Waals surface area contributed by atoms with E-state index in [1.54, 1.807) is 47.4 Å². The van der Waals surface area contributed by atoms with Gasteiger partial charge in [-0.2, -0.15) is 0 Å². The van der Waals surface area contributed by atoms with E-state index in [4.69, 9.17) is 4.74 Å². The number of rotatable bonds is 7. The zero-order valence-electron chi connectivity index (χ0n) is 15.8. The van der Waals surface area contributed by atoms with E-state index in [1.165, 1.54) is 0 Å². The molecule has 0 saturated heterocycles. The minimum absolute atomic E-state index is 0.200. The van der Waals surface area contributed by atoms with Crippen LogP contribution in [0.25, 0.3) is 0 Å². The van der Waals surface area contributed by atoms with Crippen LogP contribution in [0.3, 0.4) is 0 Å². The van der Waals surface area contributed by atoms with Crippen molar-refractivity contribution in [2.75, 3.05) is 25.0 Å². The van der Waals surface area contributed by atoms with Crippen molar-refractivity contribution in [3.05, 3.63) is 65.2 Å². The Kier molecular flexibility index (Phi) is 7.11. The molecular weight excluding hydrogens is 344 g/mol. The Morgan fingerprint density at radius 2 is 1.70 bits per heavy atom. The standard InChI is InChI=1S/C21H24N2O4/c1-4-23(5-2)19(24)14-27-21(26)17-11-6-7-12-18(17)22-20(25)16-10-8-9-15(3)13-16/h6-13H,4-5,14H2,1-3H3,(H,22,25). The van der Waals surface area contributed by atoms with Gasteiger partial charge in [-0.1, -0.05) is 29.8 Å². The Labute approximate surface area is 159 Å². The van der Waals surface area contributed by atoms with Gasteiger partial charge in [0.25, 0.3) is 11.8 Å². The number of nitrogens with zero attached hydrogens (tertiary/aromatic N) is 1. The van der Waals surface area contributed by atoms with Crippen molar-refractivity contribution in [1.29, 1.82) is 0 Å². The molecule has 2 rings (SSSR count). The average molecular weight is 368 g/mol. The number of likely N-dealkylation sites (N-methyl/N-ethyl adjacent to an activating group) is 1. The first kappa shape index (κ1) is 20.2. The number of amides is 2. The van der Waals surface area contributed by atoms with Crippen molar-refractivity contribution in [2.45, 2.75) is 20.8 Å². The highest BCUT2D eigenvalue weighted by molar-refractivity contribution is 6.08. The smallest absolute Gasteiger partial charge is 0.340 e. The van der Waals surface area contributed by atoms with E-state index in [9.17, 15) is 14.4 Å². The van der Waals surface area contributed by atoms with Crippen molar-refractivity contribution in [1.82, 2.24) is 4.90 Å². The lowest BCUT2D eigenvalue weighted by Gasteiger charge is -2.18. The van der Waals surface area contributed by atoms with E-state index in [0.29, 0.717) is 24.3 Å². The van der Waals surface area contributed by atoms with Crippen molar-refractivity contribution >= 4 is 23.5 Å². The fourth-order valence-electron chi connectivity index (χ4n) is 2.62. The number of anilines is 1. The number of hydrogen-bond donors (Lipinski definition) is 1. The lowest BCUT2D eigenvalue weighted by atomic mass is 10.1. The normalized spacial score (nSPS) is 10.2. The number of ether oxygens (including phenoxy) is 1. The third kappa shape index (κ3) is 5.41. The van der Waals surface area contributed by atoms with Gasteiger partial charge in [0.1, 0.15) is 0 Å². The van der Waals surface area contributed by atoms with Crippen molar-refractivity contribution in [2.24, 2.45) is 0 Å². The maximum absolute atomic E-state index is 12.5. The van der Waals surface area contributed by atoms with Crippen LogP contribution in [-0.2, 0) is 9.53 Å². The molecule has 0 heterocycles. The first-order valence-corrected chi connectivity index (χ1v) is 8.88. The van der Waals surface area contributed by atoms with E-state index < -0.39 is 5.97 Å². The Balaban J connectivity index is 2.09. The molecule has 0 spiro atoms. The zero-order valence-corrected chi connectivity index (χ0v) is 15.8. The molecule has 6 nitrogen and oxygen atoms in total. The maximum Gasteiger partial charge on any atom is 0.340 e. The molecule has 0 atom stereocenters. The molecule has 0 aliphatic rings. The molecule has 1 N–H and O–H groups in total. The molecule has 2 aromatic carbocycles. The van der Waals surface area contributed by atoms with E-state index >= 15 is 0 Å². The van der Waals surface area contributed by atoms with Crippen LogP contribution in [0.1, 0.15) is 40.1 Å². The van der Waals surface area contributed by atoms with E-state index in [-0.39, 0.29) is 24.0 Å². The monoisotopic (exact) mass is 368 g/mol. The predicted molar refractivity (Wildman–Crippen MR) is 104 cm³/mol. The van der Waals surface area contributed by atoms with Crippen LogP contribution >= 0.6 is 0 Å². The molecule has 2 amide bonds. The maximum atomic E-state index is 12.5. The summed E-state index contributed by atoms with van der Waals surface area (Å²) in [7, 11) is 0. The van der Waals surface area contributed by atoms with Gasteiger partial charge in [-0.3, -0.25) is 9.59 Å². The molecule has 0 unspecified atom stereocenters. The number of carbonyl (C=O) groups is 3. The number of nitrogens with one attached hydrogen (secondary N) is 1. The Bertz CT molecular complexity index is 828. The first-order chi connectivity index (χ1) is 13.0. The van der Waals surface area contributed by atoms with Gasteiger partial charge in [-0.15, -0.1) is 0 Å². The van der Waals surface area contributed by atoms with Crippen LogP contribution in [0.4, 0.5) is 5.69 Å². The zero-order chi connectivity index (χ0) is 19.8. The average Bonchev–Trinajstić information content (AvgIpc) is 2.67. The van der Waals surface area contributed by atoms with Crippen LogP contribution in [-0.4, -0.2) is 42.4 Å². The summed E-state index contributed by atoms with van der Waals surface area (Å²) in [5.74, 6) is -1.23. The summed E-state index contributed by atoms with van der Waals surface area (Å²) in [4.78, 5) is 38.4. The van der Waals surface area contributed by atoms with Gasteiger partial charge in [0.2, 0.25) is 0 Å². The number of benzene rings is 2. The molecule has 0 saturated carbocycles. The molecule has 0 fully saturated rings. The van der Waals surface area contributed by atoms with Crippen LogP contribution in [0.5, 0.6) is 0 Å². The predicted octanol–water partition coefficient (Wildman–Crippen LogP) is 3.27. The minimum atomic E-state index is -0.657. The number of esters is 1. The molecule has 0 aliphatic heterocycles. The van der Waals surface area contributed by atoms with E-state index in [1.807, 2.05) is 26.8 Å². The second-order valence-electron chi connectivity index (χ2n) is 6.01. The topological polar surface area (TPSA) is 75.7 Å². The van der Waals surface area contributed by atoms with Crippen molar-refractivity contribution in [3.8, 4) is 0 Å². The van der Waals surface area contributed by atoms with Crippen molar-refractivity contribution < 1.29 is 19.1 Å². The fraction of sp³-hybridized carbons (Fsp3) is 0.286. The summed E-state index contributed by atoms with van der Waals surface area (Å²) in [6, 6.07) is 13.7. The molecule has 0 radical (unpaired) electrons. The van der Waals surface area contributed by atoms with Crippen LogP contribution < -0.4 is 5.32 Å². The van der Waals surface area contributed by atoms with Crippen LogP contribution in [0.2, 0.25) is 0 Å². The van der Waals surface area contributed by atoms with Gasteiger partial charge < -0.3 is 15.0 Å². The summed E-state index contributed by atoms with van der Waals surface area (Å²) in [5, 5.41) is 2.73. The quantitative estimate of drug-likeness (QED) is 0.761. The number of carbonyl (C=O) groups excluding carboxylic acids is 3. The van der Waals surface area contributed by atoms with Gasteiger partial charge in [0, 0.05) is 18.7 Å². The Morgan fingerprint density at radius 1 is 1.00 bits per heavy atom. The van der Waals surface area contributed by atoms with Gasteiger partial charge in [0.15, 0.2) is 6.61 Å². The molecule has 0 aliphatic carbocycles. The summed E-state index contributed by atoms with van der Waals surface area (Å²) in [6.45, 7) is 6.39. The van der Waals surface area contributed by atoms with Gasteiger partial charge in [-0.05, 0) is 45.0 Å². The highest BCUT2D eigenvalue weighted by Crippen LogP contribution is 2.18. The molecule has 142 valence electrons. The lowest BCUT2D eigenvalue weighted by molar-refractivity contribution is -0.134. The van der Waals surface area contributed by atoms with Gasteiger partial charge in [-0.25, -0.2) is 4.79 Å². The van der Waals surface area contributed by atoms with Gasteiger partial charge in [0.05, 0.1) is 11.3 Å². The van der Waals surface area contributed by atoms with Gasteiger partial charge >= 0.3 is 5.97 Å². The number of para-hydroxylation sites is 1. The SMILES string of the molecule is CCN(CC)C(=O)COC(=O)c1ccccc1NC(=O)c1cccc(C)c1. The summed E-state index contributed by atoms with van der Waals surface area (Å²) < 4.78 is 5.14. The summed E-state index contributed by atoms with van der Waals surface area (Å²) >= 11 is 0. The summed E-state index contributed by atoms with van der Waals surface area (Å²) in [6.07, 6.45) is 0. The third-order valence-corrected chi connectivity index (χ3v) is 4.12. The number of aryl methyl sites for hydroxylation is 1. The highest BCUT2D eigenvalue weighted by Gasteiger charge is 2.18. The highest BCUT2D eigenvalue weighted by atomic mass is 16.5. The molecule has 0 bridgehead atoms. The fourth-order valence-corrected chi connectivity index (χ4v) is 2.62. The second kappa shape index (κ2) is 9.52. The Hall–Kier alpha value is -3.15. The Morgan fingerprint density at radius 3 is 2.37 bits per heavy atom. The lowest BCUT2D eigenvalue weighted by Crippen LogP contribution is -2.34. The third-order valence-electron chi connectivity index (χ3n) is 4.12. The van der Waals surface area contributed by atoms with Crippen molar-refractivity contribution in [3.63, 3.8) is 0 Å². The first-order valence-electron chi connectivity index (χ1n) is 8.88. The molecule has 27 heavy (non-hydrogen) atoms.